The molecule has 0 bridgehead atoms. The highest BCUT2D eigenvalue weighted by Crippen LogP contribution is 2.29. The third-order valence-electron chi connectivity index (χ3n) is 3.36. The maximum absolute atomic E-state index is 6.19. The first-order chi connectivity index (χ1) is 10.3. The molecule has 2 aromatic rings. The van der Waals surface area contributed by atoms with E-state index in [0.717, 1.165) is 22.3 Å². The zero-order chi connectivity index (χ0) is 15.1. The van der Waals surface area contributed by atoms with E-state index in [4.69, 9.17) is 16.3 Å². The highest BCUT2D eigenvalue weighted by atomic mass is 35.5. The quantitative estimate of drug-likeness (QED) is 0.808. The number of methoxy groups -OCH3 is 1. The van der Waals surface area contributed by atoms with Gasteiger partial charge in [-0.2, -0.15) is 11.8 Å². The summed E-state index contributed by atoms with van der Waals surface area (Å²) >= 11 is 8.05. The van der Waals surface area contributed by atoms with Crippen molar-refractivity contribution in [2.45, 2.75) is 11.8 Å². The van der Waals surface area contributed by atoms with Gasteiger partial charge >= 0.3 is 0 Å². The van der Waals surface area contributed by atoms with Gasteiger partial charge in [0.25, 0.3) is 0 Å². The van der Waals surface area contributed by atoms with Crippen molar-refractivity contribution in [1.29, 1.82) is 0 Å². The second-order valence-corrected chi connectivity index (χ2v) is 6.13. The summed E-state index contributed by atoms with van der Waals surface area (Å²) in [6.45, 7) is 0. The highest BCUT2D eigenvalue weighted by Gasteiger charge is 2.14. The van der Waals surface area contributed by atoms with E-state index >= 15 is 0 Å². The number of halogens is 1. The van der Waals surface area contributed by atoms with Crippen molar-refractivity contribution >= 4 is 23.4 Å². The Labute approximate surface area is 135 Å². The Balaban J connectivity index is 1.98. The Morgan fingerprint density at radius 2 is 1.86 bits per heavy atom. The van der Waals surface area contributed by atoms with Gasteiger partial charge in [-0.05, 0) is 24.7 Å². The predicted octanol–water partition coefficient (Wildman–Crippen LogP) is 4.54. The second-order valence-electron chi connectivity index (χ2n) is 4.69. The number of benzene rings is 2. The van der Waals surface area contributed by atoms with Gasteiger partial charge in [0, 0.05) is 28.1 Å². The smallest absolute Gasteiger partial charge is 0.123 e. The van der Waals surface area contributed by atoms with Crippen molar-refractivity contribution in [3.63, 3.8) is 0 Å². The lowest BCUT2D eigenvalue weighted by molar-refractivity contribution is 0.404. The summed E-state index contributed by atoms with van der Waals surface area (Å²) in [5.41, 5.74) is 2.37. The minimum Gasteiger partial charge on any atom is -0.496 e. The third kappa shape index (κ3) is 4.40. The molecule has 1 atom stereocenters. The molecule has 0 saturated carbocycles. The van der Waals surface area contributed by atoms with Crippen LogP contribution in [0.15, 0.2) is 48.5 Å². The molecule has 0 fully saturated rings. The van der Waals surface area contributed by atoms with E-state index in [-0.39, 0.29) is 6.04 Å². The molecule has 2 rings (SSSR count). The molecule has 0 amide bonds. The Bertz CT molecular complexity index is 576. The Hall–Kier alpha value is -1.16. The molecule has 112 valence electrons. The first-order valence-electron chi connectivity index (χ1n) is 6.87. The van der Waals surface area contributed by atoms with Crippen molar-refractivity contribution in [1.82, 2.24) is 5.32 Å². The molecule has 21 heavy (non-hydrogen) atoms. The first kappa shape index (κ1) is 16.2. The number of hydrogen-bond acceptors (Lipinski definition) is 3. The summed E-state index contributed by atoms with van der Waals surface area (Å²) in [5.74, 6) is 2.80. The molecular formula is C17H20ClNOS. The monoisotopic (exact) mass is 321 g/mol. The van der Waals surface area contributed by atoms with E-state index < -0.39 is 0 Å². The van der Waals surface area contributed by atoms with Crippen LogP contribution in [0.1, 0.15) is 17.2 Å². The summed E-state index contributed by atoms with van der Waals surface area (Å²) in [6, 6.07) is 16.4. The molecule has 2 aromatic carbocycles. The van der Waals surface area contributed by atoms with Gasteiger partial charge in [-0.25, -0.2) is 0 Å². The topological polar surface area (TPSA) is 21.3 Å². The number of rotatable bonds is 7. The average molecular weight is 322 g/mol. The molecule has 0 aliphatic carbocycles. The van der Waals surface area contributed by atoms with Crippen molar-refractivity contribution in [2.24, 2.45) is 0 Å². The van der Waals surface area contributed by atoms with Crippen LogP contribution in [0.4, 0.5) is 0 Å². The Morgan fingerprint density at radius 1 is 1.14 bits per heavy atom. The number of thioether (sulfide) groups is 1. The van der Waals surface area contributed by atoms with Gasteiger partial charge in [0.15, 0.2) is 0 Å². The minimum absolute atomic E-state index is 0.258. The van der Waals surface area contributed by atoms with Gasteiger partial charge in [0.05, 0.1) is 7.11 Å². The lowest BCUT2D eigenvalue weighted by Crippen LogP contribution is -2.19. The van der Waals surface area contributed by atoms with Crippen LogP contribution in [0.5, 0.6) is 5.75 Å². The molecule has 0 aromatic heterocycles. The zero-order valence-electron chi connectivity index (χ0n) is 12.3. The summed E-state index contributed by atoms with van der Waals surface area (Å²) in [6.07, 6.45) is 0. The molecule has 4 heteroatoms. The Kier molecular flexibility index (Phi) is 6.43. The summed E-state index contributed by atoms with van der Waals surface area (Å²) < 4.78 is 5.44. The molecule has 1 N–H and O–H groups in total. The van der Waals surface area contributed by atoms with Crippen LogP contribution in [0.25, 0.3) is 0 Å². The van der Waals surface area contributed by atoms with Gasteiger partial charge in [-0.1, -0.05) is 48.0 Å². The van der Waals surface area contributed by atoms with Crippen molar-refractivity contribution < 1.29 is 4.74 Å². The van der Waals surface area contributed by atoms with Crippen molar-refractivity contribution in [3.8, 4) is 5.75 Å². The van der Waals surface area contributed by atoms with Crippen molar-refractivity contribution in [2.75, 3.05) is 19.9 Å². The lowest BCUT2D eigenvalue weighted by Gasteiger charge is -2.19. The Morgan fingerprint density at radius 3 is 2.57 bits per heavy atom. The minimum atomic E-state index is 0.258. The SMILES string of the molecule is CNC(CSCc1ccccc1Cl)c1ccccc1OC. The van der Waals surface area contributed by atoms with E-state index in [1.807, 2.05) is 55.2 Å². The van der Waals surface area contributed by atoms with E-state index in [0.29, 0.717) is 0 Å². The number of nitrogens with one attached hydrogen (secondary N) is 1. The van der Waals surface area contributed by atoms with Gasteiger partial charge in [-0.15, -0.1) is 0 Å². The number of ether oxygens (including phenoxy) is 1. The molecule has 0 spiro atoms. The van der Waals surface area contributed by atoms with Crippen LogP contribution in [0.3, 0.4) is 0 Å². The summed E-state index contributed by atoms with van der Waals surface area (Å²) in [7, 11) is 3.69. The molecule has 0 radical (unpaired) electrons. The second kappa shape index (κ2) is 8.32. The molecule has 0 saturated heterocycles. The average Bonchev–Trinajstić information content (AvgIpc) is 2.53. The maximum Gasteiger partial charge on any atom is 0.123 e. The van der Waals surface area contributed by atoms with Crippen LogP contribution in [0.2, 0.25) is 5.02 Å². The third-order valence-corrected chi connectivity index (χ3v) is 4.82. The largest absolute Gasteiger partial charge is 0.496 e. The van der Waals surface area contributed by atoms with Crippen molar-refractivity contribution in [3.05, 3.63) is 64.7 Å². The van der Waals surface area contributed by atoms with Gasteiger partial charge < -0.3 is 10.1 Å². The van der Waals surface area contributed by atoms with E-state index in [2.05, 4.69) is 17.4 Å². The predicted molar refractivity (Wildman–Crippen MR) is 92.4 cm³/mol. The molecular weight excluding hydrogens is 302 g/mol. The fraction of sp³-hybridized carbons (Fsp3) is 0.294. The fourth-order valence-electron chi connectivity index (χ4n) is 2.19. The molecule has 2 nitrogen and oxygen atoms in total. The van der Waals surface area contributed by atoms with Gasteiger partial charge in [0.2, 0.25) is 0 Å². The van der Waals surface area contributed by atoms with Crippen LogP contribution >= 0.6 is 23.4 Å². The summed E-state index contributed by atoms with van der Waals surface area (Å²) in [4.78, 5) is 0. The first-order valence-corrected chi connectivity index (χ1v) is 8.41. The van der Waals surface area contributed by atoms with E-state index in [9.17, 15) is 0 Å². The van der Waals surface area contributed by atoms with Crippen LogP contribution in [-0.2, 0) is 5.75 Å². The van der Waals surface area contributed by atoms with Crippen LogP contribution in [-0.4, -0.2) is 19.9 Å². The normalized spacial score (nSPS) is 12.1. The highest BCUT2D eigenvalue weighted by molar-refractivity contribution is 7.98. The molecule has 0 aliphatic rings. The van der Waals surface area contributed by atoms with Crippen LogP contribution < -0.4 is 10.1 Å². The van der Waals surface area contributed by atoms with Gasteiger partial charge in [-0.3, -0.25) is 0 Å². The fourth-order valence-corrected chi connectivity index (χ4v) is 3.64. The number of hydrogen-bond donors (Lipinski definition) is 1. The molecule has 0 heterocycles. The van der Waals surface area contributed by atoms with E-state index in [1.165, 1.54) is 11.1 Å². The standard InChI is InChI=1S/C17H20ClNOS/c1-19-16(14-8-4-6-10-17(14)20-2)12-21-11-13-7-3-5-9-15(13)18/h3-10,16,19H,11-12H2,1-2H3. The molecule has 1 unspecified atom stereocenters. The lowest BCUT2D eigenvalue weighted by atomic mass is 10.1. The number of para-hydroxylation sites is 1. The van der Waals surface area contributed by atoms with Gasteiger partial charge in [0.1, 0.15) is 5.75 Å². The molecule has 0 aliphatic heterocycles. The van der Waals surface area contributed by atoms with Crippen LogP contribution in [0, 0.1) is 0 Å². The maximum atomic E-state index is 6.19. The summed E-state index contributed by atoms with van der Waals surface area (Å²) in [5, 5.41) is 4.20. The zero-order valence-corrected chi connectivity index (χ0v) is 13.9. The van der Waals surface area contributed by atoms with E-state index in [1.54, 1.807) is 7.11 Å².